The van der Waals surface area contributed by atoms with E-state index in [0.29, 0.717) is 52.6 Å². The number of methoxy groups -OCH3 is 2. The van der Waals surface area contributed by atoms with Crippen molar-refractivity contribution >= 4 is 17.1 Å². The minimum Gasteiger partial charge on any atom is -0.497 e. The van der Waals surface area contributed by atoms with Gasteiger partial charge in [0.1, 0.15) is 35.1 Å². The molecule has 198 valence electrons. The van der Waals surface area contributed by atoms with Crippen LogP contribution in [0.5, 0.6) is 11.6 Å². The quantitative estimate of drug-likeness (QED) is 0.268. The Morgan fingerprint density at radius 2 is 1.95 bits per heavy atom. The third-order valence-corrected chi connectivity index (χ3v) is 6.77. The smallest absolute Gasteiger partial charge is 0.305 e. The van der Waals surface area contributed by atoms with E-state index in [9.17, 15) is 9.18 Å². The molecule has 0 aliphatic carbocycles. The van der Waals surface area contributed by atoms with Gasteiger partial charge in [-0.1, -0.05) is 24.3 Å². The van der Waals surface area contributed by atoms with E-state index in [1.165, 1.54) is 19.5 Å². The number of esters is 1. The minimum atomic E-state index is -0.397. The van der Waals surface area contributed by atoms with Gasteiger partial charge in [-0.15, -0.1) is 0 Å². The number of hydrogen-bond acceptors (Lipinski definition) is 8. The van der Waals surface area contributed by atoms with Crippen LogP contribution >= 0.6 is 0 Å². The number of carbonyl (C=O) groups is 1. The fourth-order valence-corrected chi connectivity index (χ4v) is 4.88. The molecular formula is C29H30FN3O5. The molecule has 1 fully saturated rings. The lowest BCUT2D eigenvalue weighted by atomic mass is 9.99. The second-order valence-corrected chi connectivity index (χ2v) is 9.24. The highest BCUT2D eigenvalue weighted by molar-refractivity contribution is 6.03. The number of likely N-dealkylation sites (tertiary alicyclic amines) is 1. The Labute approximate surface area is 220 Å². The maximum Gasteiger partial charge on any atom is 0.305 e. The third kappa shape index (κ3) is 5.47. The average molecular weight is 520 g/mol. The monoisotopic (exact) mass is 519 g/mol. The molecule has 38 heavy (non-hydrogen) atoms. The van der Waals surface area contributed by atoms with Gasteiger partial charge in [-0.3, -0.25) is 9.69 Å². The molecule has 2 aromatic heterocycles. The van der Waals surface area contributed by atoms with Crippen LogP contribution in [0.4, 0.5) is 4.39 Å². The third-order valence-electron chi connectivity index (χ3n) is 6.77. The Balaban J connectivity index is 1.50. The SMILES string of the molecule is COC(=O)CCCN1CCCC(Oc2ncnc3oc(-c4ccccc4F)c(-c4ccc(OC)cc4)c23)C1. The van der Waals surface area contributed by atoms with Crippen LogP contribution in [0, 0.1) is 5.82 Å². The Morgan fingerprint density at radius 3 is 2.71 bits per heavy atom. The van der Waals surface area contributed by atoms with Crippen LogP contribution in [0.3, 0.4) is 0 Å². The topological polar surface area (TPSA) is 86.9 Å². The standard InChI is InChI=1S/C29H30FN3O5/c1-35-20-13-11-19(12-14-20)25-26-28(37-21-7-5-15-33(17-21)16-6-10-24(34)36-2)31-18-32-29(26)38-27(25)22-8-3-4-9-23(22)30/h3-4,8-9,11-14,18,21H,5-7,10,15-17H2,1-2H3. The highest BCUT2D eigenvalue weighted by Crippen LogP contribution is 2.44. The maximum atomic E-state index is 14.9. The van der Waals surface area contributed by atoms with Crippen molar-refractivity contribution in [3.8, 4) is 34.1 Å². The van der Waals surface area contributed by atoms with Crippen molar-refractivity contribution in [1.82, 2.24) is 14.9 Å². The van der Waals surface area contributed by atoms with Crippen molar-refractivity contribution in [2.45, 2.75) is 31.8 Å². The maximum absolute atomic E-state index is 14.9. The zero-order chi connectivity index (χ0) is 26.5. The Morgan fingerprint density at radius 1 is 1.13 bits per heavy atom. The van der Waals surface area contributed by atoms with Gasteiger partial charge in [0.15, 0.2) is 0 Å². The largest absolute Gasteiger partial charge is 0.497 e. The van der Waals surface area contributed by atoms with Crippen LogP contribution in [-0.4, -0.2) is 60.8 Å². The number of benzene rings is 2. The second kappa shape index (κ2) is 11.6. The molecule has 0 saturated carbocycles. The average Bonchev–Trinajstić information content (AvgIpc) is 3.34. The molecule has 0 spiro atoms. The highest BCUT2D eigenvalue weighted by Gasteiger charge is 2.27. The Hall–Kier alpha value is -3.98. The first-order valence-electron chi connectivity index (χ1n) is 12.7. The first-order chi connectivity index (χ1) is 18.6. The molecular weight excluding hydrogens is 489 g/mol. The molecule has 0 amide bonds. The molecule has 0 radical (unpaired) electrons. The summed E-state index contributed by atoms with van der Waals surface area (Å²) < 4.78 is 37.6. The highest BCUT2D eigenvalue weighted by atomic mass is 19.1. The van der Waals surface area contributed by atoms with Gasteiger partial charge in [0.2, 0.25) is 11.6 Å². The van der Waals surface area contributed by atoms with E-state index in [2.05, 4.69) is 14.9 Å². The van der Waals surface area contributed by atoms with Crippen LogP contribution < -0.4 is 9.47 Å². The fraction of sp³-hybridized carbons (Fsp3) is 0.345. The van der Waals surface area contributed by atoms with E-state index in [1.54, 1.807) is 25.3 Å². The lowest BCUT2D eigenvalue weighted by Crippen LogP contribution is -2.41. The van der Waals surface area contributed by atoms with Crippen LogP contribution in [0.15, 0.2) is 59.3 Å². The molecule has 1 atom stereocenters. The predicted octanol–water partition coefficient (Wildman–Crippen LogP) is 5.50. The zero-order valence-corrected chi connectivity index (χ0v) is 21.5. The first-order valence-corrected chi connectivity index (χ1v) is 12.7. The van der Waals surface area contributed by atoms with E-state index in [4.69, 9.17) is 18.6 Å². The number of rotatable bonds is 9. The van der Waals surface area contributed by atoms with Gasteiger partial charge in [0, 0.05) is 18.5 Å². The number of furan rings is 1. The molecule has 0 bridgehead atoms. The summed E-state index contributed by atoms with van der Waals surface area (Å²) in [7, 11) is 3.01. The van der Waals surface area contributed by atoms with Crippen molar-refractivity contribution in [3.05, 3.63) is 60.7 Å². The van der Waals surface area contributed by atoms with Crippen molar-refractivity contribution < 1.29 is 27.8 Å². The first kappa shape index (κ1) is 25.7. The van der Waals surface area contributed by atoms with Gasteiger partial charge in [0.05, 0.1) is 19.8 Å². The number of fused-ring (bicyclic) bond motifs is 1. The van der Waals surface area contributed by atoms with E-state index < -0.39 is 5.82 Å². The van der Waals surface area contributed by atoms with E-state index in [0.717, 1.165) is 37.9 Å². The van der Waals surface area contributed by atoms with Gasteiger partial charge >= 0.3 is 5.97 Å². The number of aromatic nitrogens is 2. The molecule has 4 aromatic rings. The summed E-state index contributed by atoms with van der Waals surface area (Å²) in [5.74, 6) is 0.868. The second-order valence-electron chi connectivity index (χ2n) is 9.24. The summed E-state index contributed by atoms with van der Waals surface area (Å²) in [6.07, 6.45) is 4.26. The van der Waals surface area contributed by atoms with E-state index >= 15 is 0 Å². The summed E-state index contributed by atoms with van der Waals surface area (Å²) in [6, 6.07) is 14.0. The van der Waals surface area contributed by atoms with Gasteiger partial charge in [0.25, 0.3) is 0 Å². The molecule has 9 heteroatoms. The number of carbonyl (C=O) groups excluding carboxylic acids is 1. The number of hydrogen-bond donors (Lipinski definition) is 0. The Bertz CT molecular complexity index is 1410. The van der Waals surface area contributed by atoms with Crippen LogP contribution in [0.1, 0.15) is 25.7 Å². The van der Waals surface area contributed by atoms with Crippen molar-refractivity contribution in [2.24, 2.45) is 0 Å². The summed E-state index contributed by atoms with van der Waals surface area (Å²) in [5, 5.41) is 0.596. The predicted molar refractivity (Wildman–Crippen MR) is 141 cm³/mol. The zero-order valence-electron chi connectivity index (χ0n) is 21.5. The molecule has 1 aliphatic rings. The molecule has 3 heterocycles. The van der Waals surface area contributed by atoms with Gasteiger partial charge in [-0.05, 0) is 62.2 Å². The number of nitrogens with zero attached hydrogens (tertiary/aromatic N) is 3. The molecule has 8 nitrogen and oxygen atoms in total. The van der Waals surface area contributed by atoms with Crippen molar-refractivity contribution in [2.75, 3.05) is 33.9 Å². The normalized spacial score (nSPS) is 15.9. The lowest BCUT2D eigenvalue weighted by Gasteiger charge is -2.32. The van der Waals surface area contributed by atoms with Crippen molar-refractivity contribution in [1.29, 1.82) is 0 Å². The van der Waals surface area contributed by atoms with E-state index in [1.807, 2.05) is 24.3 Å². The van der Waals surface area contributed by atoms with Gasteiger partial charge in [-0.25, -0.2) is 14.4 Å². The van der Waals surface area contributed by atoms with Crippen LogP contribution in [0.25, 0.3) is 33.6 Å². The Kier molecular flexibility index (Phi) is 7.83. The summed E-state index contributed by atoms with van der Waals surface area (Å²) in [4.78, 5) is 22.6. The number of piperidine rings is 1. The number of ether oxygens (including phenoxy) is 3. The molecule has 2 aromatic carbocycles. The minimum absolute atomic E-state index is 0.101. The van der Waals surface area contributed by atoms with Crippen LogP contribution in [0.2, 0.25) is 0 Å². The fourth-order valence-electron chi connectivity index (χ4n) is 4.88. The summed E-state index contributed by atoms with van der Waals surface area (Å²) >= 11 is 0. The molecule has 1 aliphatic heterocycles. The number of halogens is 1. The molecule has 5 rings (SSSR count). The summed E-state index contributed by atoms with van der Waals surface area (Å²) in [5.41, 5.74) is 2.12. The van der Waals surface area contributed by atoms with E-state index in [-0.39, 0.29) is 12.1 Å². The van der Waals surface area contributed by atoms with Crippen LogP contribution in [-0.2, 0) is 9.53 Å². The lowest BCUT2D eigenvalue weighted by molar-refractivity contribution is -0.140. The van der Waals surface area contributed by atoms with Gasteiger partial charge in [-0.2, -0.15) is 0 Å². The summed E-state index contributed by atoms with van der Waals surface area (Å²) in [6.45, 7) is 2.44. The molecule has 0 N–H and O–H groups in total. The van der Waals surface area contributed by atoms with Gasteiger partial charge < -0.3 is 18.6 Å². The molecule has 1 unspecified atom stereocenters. The van der Waals surface area contributed by atoms with Crippen molar-refractivity contribution in [3.63, 3.8) is 0 Å². The molecule has 1 saturated heterocycles.